The molecule has 0 bridgehead atoms. The first-order valence-corrected chi connectivity index (χ1v) is 10.2. The van der Waals surface area contributed by atoms with Crippen molar-refractivity contribution >= 4 is 17.3 Å². The maximum absolute atomic E-state index is 13.0. The van der Waals surface area contributed by atoms with Gasteiger partial charge in [-0.05, 0) is 62.9 Å². The Morgan fingerprint density at radius 2 is 1.59 bits per heavy atom. The highest BCUT2D eigenvalue weighted by atomic mass is 16.6. The molecular formula is C23H29N3O3. The van der Waals surface area contributed by atoms with Gasteiger partial charge in [-0.2, -0.15) is 0 Å². The van der Waals surface area contributed by atoms with Crippen molar-refractivity contribution in [1.82, 2.24) is 4.90 Å². The average Bonchev–Trinajstić information content (AvgIpc) is 2.74. The Morgan fingerprint density at radius 3 is 2.28 bits per heavy atom. The summed E-state index contributed by atoms with van der Waals surface area (Å²) in [5, 5.41) is 3.06. The molecule has 1 amide bonds. The van der Waals surface area contributed by atoms with Crippen LogP contribution in [-0.2, 0) is 10.2 Å². The Balaban J connectivity index is 1.44. The molecule has 1 saturated heterocycles. The number of hydrogen-bond donors (Lipinski definition) is 1. The second-order valence-electron chi connectivity index (χ2n) is 8.27. The number of ether oxygens (including phenoxy) is 2. The highest BCUT2D eigenvalue weighted by Gasteiger charge is 2.31. The second kappa shape index (κ2) is 7.95. The molecule has 2 aromatic rings. The molecule has 0 saturated carbocycles. The molecule has 0 aromatic heterocycles. The molecule has 0 atom stereocenters. The highest BCUT2D eigenvalue weighted by Crippen LogP contribution is 2.35. The van der Waals surface area contributed by atoms with Gasteiger partial charge in [-0.25, -0.2) is 0 Å². The molecule has 4 rings (SSSR count). The minimum Gasteiger partial charge on any atom is -0.486 e. The minimum atomic E-state index is -0.702. The molecule has 2 aliphatic heterocycles. The lowest BCUT2D eigenvalue weighted by Crippen LogP contribution is -2.44. The van der Waals surface area contributed by atoms with E-state index in [4.69, 9.17) is 9.47 Å². The van der Waals surface area contributed by atoms with Crippen molar-refractivity contribution in [2.75, 3.05) is 56.7 Å². The number of hydrogen-bond acceptors (Lipinski definition) is 5. The summed E-state index contributed by atoms with van der Waals surface area (Å²) in [7, 11) is 2.15. The topological polar surface area (TPSA) is 54.0 Å². The van der Waals surface area contributed by atoms with Crippen molar-refractivity contribution in [3.8, 4) is 11.5 Å². The predicted octanol–water partition coefficient (Wildman–Crippen LogP) is 3.13. The lowest BCUT2D eigenvalue weighted by molar-refractivity contribution is -0.120. The molecule has 29 heavy (non-hydrogen) atoms. The van der Waals surface area contributed by atoms with Gasteiger partial charge in [0.15, 0.2) is 11.5 Å². The van der Waals surface area contributed by atoms with E-state index in [-0.39, 0.29) is 5.91 Å². The zero-order chi connectivity index (χ0) is 20.4. The summed E-state index contributed by atoms with van der Waals surface area (Å²) in [6, 6.07) is 13.8. The third-order valence-corrected chi connectivity index (χ3v) is 5.83. The van der Waals surface area contributed by atoms with Crippen molar-refractivity contribution in [3.05, 3.63) is 48.0 Å². The zero-order valence-electron chi connectivity index (χ0n) is 17.4. The summed E-state index contributed by atoms with van der Waals surface area (Å²) in [6.07, 6.45) is 0. The lowest BCUT2D eigenvalue weighted by Gasteiger charge is -2.34. The van der Waals surface area contributed by atoms with Crippen molar-refractivity contribution in [2.24, 2.45) is 0 Å². The van der Waals surface area contributed by atoms with E-state index < -0.39 is 5.41 Å². The van der Waals surface area contributed by atoms with Crippen LogP contribution >= 0.6 is 0 Å². The van der Waals surface area contributed by atoms with E-state index in [1.165, 1.54) is 5.69 Å². The van der Waals surface area contributed by atoms with Crippen LogP contribution < -0.4 is 19.7 Å². The summed E-state index contributed by atoms with van der Waals surface area (Å²) in [5.41, 5.74) is 2.19. The molecule has 0 aliphatic carbocycles. The maximum atomic E-state index is 13.0. The quantitative estimate of drug-likeness (QED) is 0.862. The van der Waals surface area contributed by atoms with Crippen LogP contribution in [-0.4, -0.2) is 57.2 Å². The fourth-order valence-corrected chi connectivity index (χ4v) is 3.67. The van der Waals surface area contributed by atoms with Crippen LogP contribution in [0.1, 0.15) is 19.4 Å². The van der Waals surface area contributed by atoms with E-state index >= 15 is 0 Å². The smallest absolute Gasteiger partial charge is 0.234 e. The fraction of sp³-hybridized carbons (Fsp3) is 0.435. The number of rotatable bonds is 4. The molecule has 0 unspecified atom stereocenters. The molecule has 154 valence electrons. The third-order valence-electron chi connectivity index (χ3n) is 5.83. The van der Waals surface area contributed by atoms with Crippen LogP contribution in [0, 0.1) is 0 Å². The summed E-state index contributed by atoms with van der Waals surface area (Å²) in [4.78, 5) is 17.7. The van der Waals surface area contributed by atoms with Crippen LogP contribution in [0.5, 0.6) is 11.5 Å². The zero-order valence-corrected chi connectivity index (χ0v) is 17.4. The van der Waals surface area contributed by atoms with E-state index in [1.807, 2.05) is 44.2 Å². The van der Waals surface area contributed by atoms with E-state index in [0.717, 1.165) is 43.2 Å². The molecule has 0 spiro atoms. The average molecular weight is 396 g/mol. The Hall–Kier alpha value is -2.73. The first-order chi connectivity index (χ1) is 13.9. The SMILES string of the molecule is CN1CCN(c2ccc(NC(=O)C(C)(C)c3ccc4c(c3)OCCO4)cc2)CC1. The molecule has 2 aliphatic rings. The van der Waals surface area contributed by atoms with E-state index in [0.29, 0.717) is 19.0 Å². The van der Waals surface area contributed by atoms with Gasteiger partial charge in [-0.15, -0.1) is 0 Å². The number of benzene rings is 2. The Labute approximate surface area is 172 Å². The monoisotopic (exact) mass is 395 g/mol. The van der Waals surface area contributed by atoms with Crippen LogP contribution in [0.3, 0.4) is 0 Å². The van der Waals surface area contributed by atoms with Gasteiger partial charge in [-0.1, -0.05) is 6.07 Å². The predicted molar refractivity (Wildman–Crippen MR) is 115 cm³/mol. The van der Waals surface area contributed by atoms with Gasteiger partial charge in [0.25, 0.3) is 0 Å². The lowest BCUT2D eigenvalue weighted by atomic mass is 9.83. The van der Waals surface area contributed by atoms with Crippen molar-refractivity contribution in [2.45, 2.75) is 19.3 Å². The summed E-state index contributed by atoms with van der Waals surface area (Å²) in [6.45, 7) is 9.13. The van der Waals surface area contributed by atoms with Crippen molar-refractivity contribution in [3.63, 3.8) is 0 Å². The van der Waals surface area contributed by atoms with Crippen LogP contribution in [0.15, 0.2) is 42.5 Å². The number of carbonyl (C=O) groups is 1. The van der Waals surface area contributed by atoms with Gasteiger partial charge in [0, 0.05) is 37.6 Å². The van der Waals surface area contributed by atoms with Crippen LogP contribution in [0.4, 0.5) is 11.4 Å². The maximum Gasteiger partial charge on any atom is 0.234 e. The Bertz CT molecular complexity index is 871. The molecular weight excluding hydrogens is 366 g/mol. The van der Waals surface area contributed by atoms with E-state index in [9.17, 15) is 4.79 Å². The number of amides is 1. The minimum absolute atomic E-state index is 0.0541. The van der Waals surface area contributed by atoms with Gasteiger partial charge in [0.2, 0.25) is 5.91 Å². The fourth-order valence-electron chi connectivity index (χ4n) is 3.67. The number of nitrogens with one attached hydrogen (secondary N) is 1. The highest BCUT2D eigenvalue weighted by molar-refractivity contribution is 5.98. The van der Waals surface area contributed by atoms with Crippen LogP contribution in [0.25, 0.3) is 0 Å². The van der Waals surface area contributed by atoms with Crippen molar-refractivity contribution < 1.29 is 14.3 Å². The normalized spacial score (nSPS) is 17.1. The standard InChI is InChI=1S/C23H29N3O3/c1-23(2,17-4-9-20-21(16-17)29-15-14-28-20)22(27)24-18-5-7-19(8-6-18)26-12-10-25(3)11-13-26/h4-9,16H,10-15H2,1-3H3,(H,24,27). The van der Waals surface area contributed by atoms with Gasteiger partial charge in [-0.3, -0.25) is 4.79 Å². The van der Waals surface area contributed by atoms with Gasteiger partial charge >= 0.3 is 0 Å². The van der Waals surface area contributed by atoms with Gasteiger partial charge in [0.1, 0.15) is 13.2 Å². The largest absolute Gasteiger partial charge is 0.486 e. The van der Waals surface area contributed by atoms with Gasteiger partial charge in [0.05, 0.1) is 5.41 Å². The van der Waals surface area contributed by atoms with Crippen LogP contribution in [0.2, 0.25) is 0 Å². The molecule has 6 nitrogen and oxygen atoms in total. The number of anilines is 2. The number of piperazine rings is 1. The van der Waals surface area contributed by atoms with Crippen molar-refractivity contribution in [1.29, 1.82) is 0 Å². The third kappa shape index (κ3) is 4.17. The first kappa shape index (κ1) is 19.6. The summed E-state index contributed by atoms with van der Waals surface area (Å²) < 4.78 is 11.3. The molecule has 1 fully saturated rings. The Kier molecular flexibility index (Phi) is 5.37. The number of fused-ring (bicyclic) bond motifs is 1. The molecule has 0 radical (unpaired) electrons. The van der Waals surface area contributed by atoms with E-state index in [2.05, 4.69) is 34.3 Å². The summed E-state index contributed by atoms with van der Waals surface area (Å²) in [5.74, 6) is 1.38. The number of carbonyl (C=O) groups excluding carboxylic acids is 1. The molecule has 2 aromatic carbocycles. The molecule has 1 N–H and O–H groups in total. The Morgan fingerprint density at radius 1 is 0.931 bits per heavy atom. The molecule has 6 heteroatoms. The number of nitrogens with zero attached hydrogens (tertiary/aromatic N) is 2. The number of likely N-dealkylation sites (N-methyl/N-ethyl adjacent to an activating group) is 1. The van der Waals surface area contributed by atoms with Gasteiger partial charge < -0.3 is 24.6 Å². The molecule has 2 heterocycles. The first-order valence-electron chi connectivity index (χ1n) is 10.2. The van der Waals surface area contributed by atoms with E-state index in [1.54, 1.807) is 0 Å². The summed E-state index contributed by atoms with van der Waals surface area (Å²) >= 11 is 0. The second-order valence-corrected chi connectivity index (χ2v) is 8.27.